The Bertz CT molecular complexity index is 1010. The first-order valence-corrected chi connectivity index (χ1v) is 10.3. The zero-order valence-corrected chi connectivity index (χ0v) is 18.6. The lowest BCUT2D eigenvalue weighted by Gasteiger charge is -2.18. The van der Waals surface area contributed by atoms with Gasteiger partial charge in [-0.15, -0.1) is 0 Å². The first-order valence-electron chi connectivity index (χ1n) is 10.3. The molecule has 9 nitrogen and oxygen atoms in total. The molecule has 0 radical (unpaired) electrons. The number of aliphatic hydroxyl groups is 2. The molecule has 2 aromatic heterocycles. The minimum absolute atomic E-state index is 0.0197. The molecular weight excluding hydrogens is 398 g/mol. The summed E-state index contributed by atoms with van der Waals surface area (Å²) in [6, 6.07) is 5.62. The predicted molar refractivity (Wildman–Crippen MR) is 117 cm³/mol. The third-order valence-electron chi connectivity index (χ3n) is 4.88. The Morgan fingerprint density at radius 1 is 1.03 bits per heavy atom. The van der Waals surface area contributed by atoms with Crippen LogP contribution in [-0.2, 0) is 0 Å². The Hall–Kier alpha value is -3.04. The molecule has 0 aliphatic carbocycles. The van der Waals surface area contributed by atoms with Gasteiger partial charge in [0.25, 0.3) is 5.89 Å². The van der Waals surface area contributed by atoms with Crippen molar-refractivity contribution < 1.29 is 19.5 Å². The van der Waals surface area contributed by atoms with E-state index in [0.29, 0.717) is 29.1 Å². The summed E-state index contributed by atoms with van der Waals surface area (Å²) in [6.45, 7) is 11.1. The van der Waals surface area contributed by atoms with Crippen molar-refractivity contribution in [3.8, 4) is 28.7 Å². The molecule has 0 aliphatic heterocycles. The van der Waals surface area contributed by atoms with Gasteiger partial charge in [0.05, 0.1) is 6.61 Å². The van der Waals surface area contributed by atoms with Crippen molar-refractivity contribution in [3.05, 3.63) is 35.0 Å². The van der Waals surface area contributed by atoms with E-state index in [2.05, 4.69) is 38.9 Å². The third-order valence-corrected chi connectivity index (χ3v) is 4.88. The number of aliphatic hydroxyl groups excluding tert-OH is 2. The largest absolute Gasteiger partial charge is 0.490 e. The Morgan fingerprint density at radius 3 is 2.32 bits per heavy atom. The number of nitrogens with zero attached hydrogens (tertiary/aromatic N) is 5. The second kappa shape index (κ2) is 9.84. The summed E-state index contributed by atoms with van der Waals surface area (Å²) >= 11 is 0. The number of anilines is 1. The Balaban J connectivity index is 1.89. The van der Waals surface area contributed by atoms with Crippen LogP contribution in [0.3, 0.4) is 0 Å². The number of aromatic nitrogens is 4. The maximum absolute atomic E-state index is 9.53. The van der Waals surface area contributed by atoms with Gasteiger partial charge in [-0.1, -0.05) is 5.16 Å². The summed E-state index contributed by atoms with van der Waals surface area (Å²) in [6.07, 6.45) is -0.921. The van der Waals surface area contributed by atoms with Crippen molar-refractivity contribution in [1.82, 2.24) is 20.1 Å². The van der Waals surface area contributed by atoms with Gasteiger partial charge in [-0.3, -0.25) is 0 Å². The average molecular weight is 428 g/mol. The molecule has 0 aliphatic rings. The molecule has 166 valence electrons. The molecule has 0 saturated heterocycles. The van der Waals surface area contributed by atoms with Gasteiger partial charge in [0.1, 0.15) is 24.2 Å². The minimum atomic E-state index is -0.921. The van der Waals surface area contributed by atoms with Crippen molar-refractivity contribution in [2.75, 3.05) is 31.2 Å². The smallest absolute Gasteiger partial charge is 0.277 e. The molecule has 0 amide bonds. The Labute approximate surface area is 181 Å². The molecule has 0 fully saturated rings. The van der Waals surface area contributed by atoms with Gasteiger partial charge in [-0.25, -0.2) is 9.97 Å². The zero-order valence-electron chi connectivity index (χ0n) is 18.6. The Kier molecular flexibility index (Phi) is 7.19. The molecule has 31 heavy (non-hydrogen) atoms. The van der Waals surface area contributed by atoms with Crippen LogP contribution >= 0.6 is 0 Å². The fourth-order valence-corrected chi connectivity index (χ4v) is 3.29. The number of ether oxygens (including phenoxy) is 1. The minimum Gasteiger partial charge on any atom is -0.490 e. The van der Waals surface area contributed by atoms with Crippen LogP contribution in [0.25, 0.3) is 23.0 Å². The second-order valence-electron chi connectivity index (χ2n) is 7.38. The molecule has 1 atom stereocenters. The highest BCUT2D eigenvalue weighted by Gasteiger charge is 2.17. The molecule has 2 N–H and O–H groups in total. The van der Waals surface area contributed by atoms with E-state index < -0.39 is 6.10 Å². The zero-order chi connectivity index (χ0) is 22.5. The molecular formula is C22H29N5O4. The third kappa shape index (κ3) is 5.18. The van der Waals surface area contributed by atoms with E-state index >= 15 is 0 Å². The van der Waals surface area contributed by atoms with Crippen LogP contribution in [0.5, 0.6) is 5.75 Å². The number of hydrogen-bond donors (Lipinski definition) is 2. The maximum atomic E-state index is 9.53. The number of rotatable bonds is 9. The van der Waals surface area contributed by atoms with E-state index in [4.69, 9.17) is 14.4 Å². The maximum Gasteiger partial charge on any atom is 0.277 e. The van der Waals surface area contributed by atoms with Gasteiger partial charge in [-0.05, 0) is 63.9 Å². The lowest BCUT2D eigenvalue weighted by molar-refractivity contribution is 0.0532. The highest BCUT2D eigenvalue weighted by atomic mass is 16.5. The fraction of sp³-hybridized carbons (Fsp3) is 0.455. The highest BCUT2D eigenvalue weighted by molar-refractivity contribution is 5.63. The molecule has 2 heterocycles. The number of benzene rings is 1. The fourth-order valence-electron chi connectivity index (χ4n) is 3.29. The van der Waals surface area contributed by atoms with Crippen LogP contribution in [0.2, 0.25) is 0 Å². The van der Waals surface area contributed by atoms with E-state index in [0.717, 1.165) is 35.5 Å². The summed E-state index contributed by atoms with van der Waals surface area (Å²) in [4.78, 5) is 15.7. The average Bonchev–Trinajstić information content (AvgIpc) is 3.24. The van der Waals surface area contributed by atoms with Crippen LogP contribution < -0.4 is 9.64 Å². The van der Waals surface area contributed by atoms with Gasteiger partial charge in [-0.2, -0.15) is 4.98 Å². The summed E-state index contributed by atoms with van der Waals surface area (Å²) in [7, 11) is 0. The predicted octanol–water partition coefficient (Wildman–Crippen LogP) is 2.70. The van der Waals surface area contributed by atoms with Crippen molar-refractivity contribution in [2.45, 2.75) is 40.7 Å². The second-order valence-corrected chi connectivity index (χ2v) is 7.38. The van der Waals surface area contributed by atoms with E-state index in [1.807, 2.05) is 39.0 Å². The highest BCUT2D eigenvalue weighted by Crippen LogP contribution is 2.30. The van der Waals surface area contributed by atoms with Crippen LogP contribution in [0.1, 0.15) is 30.7 Å². The van der Waals surface area contributed by atoms with Crippen LogP contribution in [0.15, 0.2) is 22.7 Å². The van der Waals surface area contributed by atoms with Gasteiger partial charge in [0.15, 0.2) is 0 Å². The van der Waals surface area contributed by atoms with Crippen LogP contribution in [0.4, 0.5) is 5.95 Å². The van der Waals surface area contributed by atoms with E-state index in [-0.39, 0.29) is 13.2 Å². The van der Waals surface area contributed by atoms with Crippen molar-refractivity contribution in [1.29, 1.82) is 0 Å². The van der Waals surface area contributed by atoms with E-state index in [9.17, 15) is 5.11 Å². The molecule has 0 unspecified atom stereocenters. The molecule has 0 bridgehead atoms. The van der Waals surface area contributed by atoms with Gasteiger partial charge in [0.2, 0.25) is 11.8 Å². The SMILES string of the molecule is CCN(CC)c1nc(C)cc(-c2nc(-c3cc(C)c(OC[C@H](O)CO)c(C)c3)no2)n1. The summed E-state index contributed by atoms with van der Waals surface area (Å²) in [5.74, 6) is 2.08. The first-order chi connectivity index (χ1) is 14.9. The molecule has 9 heteroatoms. The molecule has 3 aromatic rings. The lowest BCUT2D eigenvalue weighted by atomic mass is 10.1. The van der Waals surface area contributed by atoms with Crippen LogP contribution in [0, 0.1) is 20.8 Å². The number of hydrogen-bond acceptors (Lipinski definition) is 9. The normalized spacial score (nSPS) is 12.1. The quantitative estimate of drug-likeness (QED) is 0.531. The topological polar surface area (TPSA) is 118 Å². The summed E-state index contributed by atoms with van der Waals surface area (Å²) in [5, 5.41) is 22.6. The van der Waals surface area contributed by atoms with Gasteiger partial charge >= 0.3 is 0 Å². The summed E-state index contributed by atoms with van der Waals surface area (Å²) in [5.41, 5.74) is 3.93. The summed E-state index contributed by atoms with van der Waals surface area (Å²) < 4.78 is 11.2. The van der Waals surface area contributed by atoms with Crippen molar-refractivity contribution in [2.24, 2.45) is 0 Å². The van der Waals surface area contributed by atoms with Gasteiger partial charge in [0, 0.05) is 24.3 Å². The lowest BCUT2D eigenvalue weighted by Crippen LogP contribution is -2.24. The molecule has 1 aromatic carbocycles. The monoisotopic (exact) mass is 427 g/mol. The van der Waals surface area contributed by atoms with Crippen molar-refractivity contribution in [3.63, 3.8) is 0 Å². The number of aryl methyl sites for hydroxylation is 3. The molecule has 0 spiro atoms. The molecule has 0 saturated carbocycles. The first kappa shape index (κ1) is 22.6. The van der Waals surface area contributed by atoms with E-state index in [1.165, 1.54) is 0 Å². The van der Waals surface area contributed by atoms with E-state index in [1.54, 1.807) is 0 Å². The Morgan fingerprint density at radius 2 is 1.71 bits per heavy atom. The molecule has 3 rings (SSSR count). The standard InChI is InChI=1S/C22H29N5O4/c1-6-27(7-2)22-23-15(5)10-18(24-22)21-25-20(26-31-21)16-8-13(3)19(14(4)9-16)30-12-17(29)11-28/h8-10,17,28-29H,6-7,11-12H2,1-5H3/t17-/m1/s1. The van der Waals surface area contributed by atoms with Gasteiger partial charge < -0.3 is 24.4 Å². The van der Waals surface area contributed by atoms with Crippen LogP contribution in [-0.4, -0.2) is 62.7 Å². The van der Waals surface area contributed by atoms with Crippen molar-refractivity contribution >= 4 is 5.95 Å².